The summed E-state index contributed by atoms with van der Waals surface area (Å²) in [6.07, 6.45) is 5.06. The van der Waals surface area contributed by atoms with Crippen LogP contribution in [0.25, 0.3) is 11.0 Å². The van der Waals surface area contributed by atoms with E-state index in [0.29, 0.717) is 18.9 Å². The van der Waals surface area contributed by atoms with Gasteiger partial charge in [0.25, 0.3) is 0 Å². The number of aromatic nitrogens is 3. The number of rotatable bonds is 1. The van der Waals surface area contributed by atoms with E-state index in [2.05, 4.69) is 30.5 Å². The molecule has 130 valence electrons. The minimum atomic E-state index is -0.491. The molecule has 0 bridgehead atoms. The molecular weight excluding hydrogens is 374 g/mol. The van der Waals surface area contributed by atoms with Crippen LogP contribution in [-0.4, -0.2) is 44.2 Å². The fourth-order valence-corrected chi connectivity index (χ4v) is 3.62. The average Bonchev–Trinajstić information content (AvgIpc) is 2.84. The van der Waals surface area contributed by atoms with Gasteiger partial charge in [-0.3, -0.25) is 0 Å². The molecule has 1 fully saturated rings. The van der Waals surface area contributed by atoms with E-state index in [0.717, 1.165) is 28.3 Å². The number of fused-ring (bicyclic) bond motifs is 1. The molecule has 1 aliphatic heterocycles. The number of likely N-dealkylation sites (tertiary alicyclic amines) is 1. The molecule has 2 N–H and O–H groups in total. The fourth-order valence-electron chi connectivity index (χ4n) is 3.01. The van der Waals surface area contributed by atoms with E-state index in [-0.39, 0.29) is 12.1 Å². The standard InChI is InChI=1S/C16H22BrN5O2/c1-16(2,3)24-15(23)21-6-4-5-10(7-21)22-8-11(17)12-13(18)19-9-20-14(12)22/h8-10H,4-7H2,1-3H3,(H2,18,19,20)/t10-/m1/s1. The van der Waals surface area contributed by atoms with Crippen molar-refractivity contribution in [2.24, 2.45) is 0 Å². The molecule has 24 heavy (non-hydrogen) atoms. The number of nitrogens with zero attached hydrogens (tertiary/aromatic N) is 4. The van der Waals surface area contributed by atoms with Crippen LogP contribution in [0.15, 0.2) is 17.0 Å². The third-order valence-corrected chi connectivity index (χ3v) is 4.64. The van der Waals surface area contributed by atoms with Crippen LogP contribution in [0.5, 0.6) is 0 Å². The van der Waals surface area contributed by atoms with Gasteiger partial charge in [0, 0.05) is 23.8 Å². The molecule has 1 amide bonds. The van der Waals surface area contributed by atoms with Gasteiger partial charge < -0.3 is 19.9 Å². The molecule has 0 saturated carbocycles. The number of carbonyl (C=O) groups excluding carboxylic acids is 1. The van der Waals surface area contributed by atoms with Crippen molar-refractivity contribution in [2.75, 3.05) is 18.8 Å². The van der Waals surface area contributed by atoms with Gasteiger partial charge in [-0.05, 0) is 49.5 Å². The topological polar surface area (TPSA) is 86.3 Å². The number of ether oxygens (including phenoxy) is 1. The summed E-state index contributed by atoms with van der Waals surface area (Å²) in [5.41, 5.74) is 6.26. The Morgan fingerprint density at radius 1 is 1.42 bits per heavy atom. The summed E-state index contributed by atoms with van der Waals surface area (Å²) in [7, 11) is 0. The van der Waals surface area contributed by atoms with Crippen molar-refractivity contribution in [2.45, 2.75) is 45.3 Å². The highest BCUT2D eigenvalue weighted by atomic mass is 79.9. The predicted octanol–water partition coefficient (Wildman–Crippen LogP) is 3.35. The summed E-state index contributed by atoms with van der Waals surface area (Å²) in [4.78, 5) is 22.5. The molecule has 7 nitrogen and oxygen atoms in total. The Labute approximate surface area is 149 Å². The first-order chi connectivity index (χ1) is 11.3. The molecule has 1 atom stereocenters. The Morgan fingerprint density at radius 3 is 2.88 bits per heavy atom. The van der Waals surface area contributed by atoms with Crippen LogP contribution in [0, 0.1) is 0 Å². The van der Waals surface area contributed by atoms with Crippen molar-refractivity contribution in [1.29, 1.82) is 0 Å². The lowest BCUT2D eigenvalue weighted by atomic mass is 10.1. The number of hydrogen-bond donors (Lipinski definition) is 1. The van der Waals surface area contributed by atoms with Crippen LogP contribution in [0.2, 0.25) is 0 Å². The highest BCUT2D eigenvalue weighted by molar-refractivity contribution is 9.10. The number of halogens is 1. The second kappa shape index (κ2) is 6.23. The van der Waals surface area contributed by atoms with E-state index in [1.165, 1.54) is 6.33 Å². The van der Waals surface area contributed by atoms with Gasteiger partial charge in [0.2, 0.25) is 0 Å². The van der Waals surface area contributed by atoms with Gasteiger partial charge in [0.15, 0.2) is 0 Å². The van der Waals surface area contributed by atoms with Crippen molar-refractivity contribution in [1.82, 2.24) is 19.4 Å². The van der Waals surface area contributed by atoms with Gasteiger partial charge in [0.1, 0.15) is 23.4 Å². The van der Waals surface area contributed by atoms with Gasteiger partial charge in [0.05, 0.1) is 11.4 Å². The fraction of sp³-hybridized carbons (Fsp3) is 0.562. The van der Waals surface area contributed by atoms with Crippen molar-refractivity contribution in [3.8, 4) is 0 Å². The third-order valence-electron chi connectivity index (χ3n) is 4.03. The second-order valence-corrected chi connectivity index (χ2v) is 7.92. The van der Waals surface area contributed by atoms with E-state index >= 15 is 0 Å². The summed E-state index contributed by atoms with van der Waals surface area (Å²) in [6, 6.07) is 0.134. The molecule has 2 aromatic rings. The van der Waals surface area contributed by atoms with Crippen molar-refractivity contribution in [3.63, 3.8) is 0 Å². The molecule has 2 aromatic heterocycles. The second-order valence-electron chi connectivity index (χ2n) is 7.06. The summed E-state index contributed by atoms with van der Waals surface area (Å²) in [5, 5.41) is 0.812. The lowest BCUT2D eigenvalue weighted by Crippen LogP contribution is -2.43. The quantitative estimate of drug-likeness (QED) is 0.799. The Kier molecular flexibility index (Phi) is 4.42. The van der Waals surface area contributed by atoms with Crippen molar-refractivity contribution >= 4 is 38.9 Å². The molecule has 8 heteroatoms. The summed E-state index contributed by atoms with van der Waals surface area (Å²) >= 11 is 3.53. The van der Waals surface area contributed by atoms with Crippen LogP contribution in [-0.2, 0) is 4.74 Å². The maximum Gasteiger partial charge on any atom is 0.410 e. The van der Waals surface area contributed by atoms with Crippen LogP contribution in [0.3, 0.4) is 0 Å². The molecule has 0 aromatic carbocycles. The Morgan fingerprint density at radius 2 is 2.17 bits per heavy atom. The maximum atomic E-state index is 12.4. The molecule has 0 spiro atoms. The monoisotopic (exact) mass is 395 g/mol. The number of amides is 1. The molecular formula is C16H22BrN5O2. The normalized spacial score (nSPS) is 18.8. The third kappa shape index (κ3) is 3.33. The van der Waals surface area contributed by atoms with Crippen molar-refractivity contribution in [3.05, 3.63) is 17.0 Å². The molecule has 3 rings (SSSR count). The van der Waals surface area contributed by atoms with Gasteiger partial charge in [-0.25, -0.2) is 14.8 Å². The zero-order valence-electron chi connectivity index (χ0n) is 14.1. The highest BCUT2D eigenvalue weighted by Crippen LogP contribution is 2.33. The Hall–Kier alpha value is -1.83. The number of piperidine rings is 1. The van der Waals surface area contributed by atoms with E-state index in [1.807, 2.05) is 27.0 Å². The van der Waals surface area contributed by atoms with E-state index < -0.39 is 5.60 Å². The first-order valence-electron chi connectivity index (χ1n) is 8.00. The maximum absolute atomic E-state index is 12.4. The molecule has 0 radical (unpaired) electrons. The van der Waals surface area contributed by atoms with Gasteiger partial charge >= 0.3 is 6.09 Å². The van der Waals surface area contributed by atoms with E-state index in [9.17, 15) is 4.79 Å². The van der Waals surface area contributed by atoms with Crippen LogP contribution in [0.1, 0.15) is 39.7 Å². The molecule has 0 aliphatic carbocycles. The average molecular weight is 396 g/mol. The minimum Gasteiger partial charge on any atom is -0.444 e. The summed E-state index contributed by atoms with van der Waals surface area (Å²) < 4.78 is 8.44. The Bertz CT molecular complexity index is 768. The number of anilines is 1. The van der Waals surface area contributed by atoms with Crippen LogP contribution in [0.4, 0.5) is 10.6 Å². The number of nitrogens with two attached hydrogens (primary N) is 1. The van der Waals surface area contributed by atoms with Gasteiger partial charge in [-0.1, -0.05) is 0 Å². The SMILES string of the molecule is CC(C)(C)OC(=O)N1CCC[C@@H](n2cc(Br)c3c(N)ncnc32)C1. The molecule has 0 unspecified atom stereocenters. The van der Waals surface area contributed by atoms with E-state index in [4.69, 9.17) is 10.5 Å². The van der Waals surface area contributed by atoms with Crippen LogP contribution < -0.4 is 5.73 Å². The molecule has 3 heterocycles. The zero-order valence-corrected chi connectivity index (χ0v) is 15.7. The van der Waals surface area contributed by atoms with E-state index in [1.54, 1.807) is 4.90 Å². The lowest BCUT2D eigenvalue weighted by Gasteiger charge is -2.34. The highest BCUT2D eigenvalue weighted by Gasteiger charge is 2.29. The Balaban J connectivity index is 1.86. The van der Waals surface area contributed by atoms with Gasteiger partial charge in [-0.15, -0.1) is 0 Å². The van der Waals surface area contributed by atoms with Crippen LogP contribution >= 0.6 is 15.9 Å². The first-order valence-corrected chi connectivity index (χ1v) is 8.80. The summed E-state index contributed by atoms with van der Waals surface area (Å²) in [6.45, 7) is 6.94. The molecule has 1 saturated heterocycles. The molecule has 1 aliphatic rings. The zero-order chi connectivity index (χ0) is 17.5. The van der Waals surface area contributed by atoms with Gasteiger partial charge in [-0.2, -0.15) is 0 Å². The summed E-state index contributed by atoms with van der Waals surface area (Å²) in [5.74, 6) is 0.449. The minimum absolute atomic E-state index is 0.134. The predicted molar refractivity (Wildman–Crippen MR) is 95.7 cm³/mol. The van der Waals surface area contributed by atoms with Crippen molar-refractivity contribution < 1.29 is 9.53 Å². The largest absolute Gasteiger partial charge is 0.444 e. The first kappa shape index (κ1) is 17.0. The smallest absolute Gasteiger partial charge is 0.410 e. The number of hydrogen-bond acceptors (Lipinski definition) is 5. The lowest BCUT2D eigenvalue weighted by molar-refractivity contribution is 0.0174. The number of nitrogen functional groups attached to an aromatic ring is 1. The number of carbonyl (C=O) groups is 1.